The Kier molecular flexibility index (Phi) is 5.08. The molecule has 0 unspecified atom stereocenters. The van der Waals surface area contributed by atoms with E-state index in [1.807, 2.05) is 62.4 Å². The van der Waals surface area contributed by atoms with Crippen molar-refractivity contribution in [3.8, 4) is 0 Å². The van der Waals surface area contributed by atoms with Crippen LogP contribution in [0.15, 0.2) is 52.9 Å². The predicted molar refractivity (Wildman–Crippen MR) is 123 cm³/mol. The summed E-state index contributed by atoms with van der Waals surface area (Å²) < 4.78 is 5.94. The Hall–Kier alpha value is -3.02. The average molecular weight is 449 g/mol. The third-order valence-corrected chi connectivity index (χ3v) is 6.29. The number of hydrogen-bond donors (Lipinski definition) is 0. The quantitative estimate of drug-likeness (QED) is 0.324. The van der Waals surface area contributed by atoms with Gasteiger partial charge in [-0.1, -0.05) is 59.6 Å². The van der Waals surface area contributed by atoms with Crippen LogP contribution in [-0.4, -0.2) is 20.2 Å². The molecule has 3 aromatic heterocycles. The normalized spacial score (nSPS) is 11.5. The van der Waals surface area contributed by atoms with E-state index in [2.05, 4.69) is 20.2 Å². The zero-order chi connectivity index (χ0) is 21.5. The topological polar surface area (TPSA) is 64.7 Å². The van der Waals surface area contributed by atoms with Crippen LogP contribution in [0.25, 0.3) is 21.8 Å². The van der Waals surface area contributed by atoms with E-state index >= 15 is 0 Å². The van der Waals surface area contributed by atoms with Crippen molar-refractivity contribution < 1.29 is 4.42 Å². The summed E-state index contributed by atoms with van der Waals surface area (Å²) in [6.45, 7) is 3.88. The third-order valence-electron chi connectivity index (χ3n) is 5.43. The maximum Gasteiger partial charge on any atom is 0.221 e. The maximum atomic E-state index is 6.67. The molecule has 0 radical (unpaired) electrons. The summed E-state index contributed by atoms with van der Waals surface area (Å²) in [6.07, 6.45) is 0.830. The highest BCUT2D eigenvalue weighted by Gasteiger charge is 2.17. The summed E-state index contributed by atoms with van der Waals surface area (Å²) in [5, 5.41) is 11.6. The average Bonchev–Trinajstić information content (AvgIpc) is 3.21. The van der Waals surface area contributed by atoms with Crippen molar-refractivity contribution in [2.45, 2.75) is 26.7 Å². The van der Waals surface area contributed by atoms with Gasteiger partial charge in [0, 0.05) is 33.3 Å². The standard InChI is InChI=1S/C24H18Cl2N4O/c1-13-17(23(25)15-7-3-5-9-19(15)27-13)11-21-29-30-22(31-21)12-18-14(2)28-20-10-6-4-8-16(20)24(18)26/h3-10H,11-12H2,1-2H3. The first-order valence-corrected chi connectivity index (χ1v) is 10.7. The zero-order valence-corrected chi connectivity index (χ0v) is 18.5. The number of halogens is 2. The number of fused-ring (bicyclic) bond motifs is 2. The van der Waals surface area contributed by atoms with Gasteiger partial charge in [-0.05, 0) is 26.0 Å². The van der Waals surface area contributed by atoms with Crippen LogP contribution in [0.1, 0.15) is 34.3 Å². The molecule has 5 rings (SSSR count). The molecule has 0 bridgehead atoms. The van der Waals surface area contributed by atoms with E-state index < -0.39 is 0 Å². The molecule has 31 heavy (non-hydrogen) atoms. The first-order valence-electron chi connectivity index (χ1n) is 9.90. The zero-order valence-electron chi connectivity index (χ0n) is 17.0. The second-order valence-electron chi connectivity index (χ2n) is 7.46. The minimum atomic E-state index is 0.415. The molecule has 0 atom stereocenters. The van der Waals surface area contributed by atoms with Crippen molar-refractivity contribution in [3.05, 3.63) is 92.9 Å². The summed E-state index contributed by atoms with van der Waals surface area (Å²) in [6, 6.07) is 15.6. The van der Waals surface area contributed by atoms with E-state index in [1.165, 1.54) is 0 Å². The largest absolute Gasteiger partial charge is 0.425 e. The van der Waals surface area contributed by atoms with Crippen molar-refractivity contribution in [2.75, 3.05) is 0 Å². The first-order chi connectivity index (χ1) is 15.0. The monoisotopic (exact) mass is 448 g/mol. The highest BCUT2D eigenvalue weighted by atomic mass is 35.5. The van der Waals surface area contributed by atoms with Gasteiger partial charge in [0.15, 0.2) is 0 Å². The molecule has 0 N–H and O–H groups in total. The molecule has 7 heteroatoms. The number of rotatable bonds is 4. The minimum Gasteiger partial charge on any atom is -0.425 e. The predicted octanol–water partition coefficient (Wildman–Crippen LogP) is 6.27. The first kappa shape index (κ1) is 19.9. The number of para-hydroxylation sites is 2. The van der Waals surface area contributed by atoms with E-state index in [9.17, 15) is 0 Å². The lowest BCUT2D eigenvalue weighted by Crippen LogP contribution is -1.98. The van der Waals surface area contributed by atoms with Crippen LogP contribution in [0.4, 0.5) is 0 Å². The van der Waals surface area contributed by atoms with Crippen molar-refractivity contribution in [3.63, 3.8) is 0 Å². The summed E-state index contributed by atoms with van der Waals surface area (Å²) in [5.41, 5.74) is 5.21. The molecule has 5 nitrogen and oxygen atoms in total. The molecule has 0 aliphatic heterocycles. The lowest BCUT2D eigenvalue weighted by Gasteiger charge is -2.09. The van der Waals surface area contributed by atoms with Crippen LogP contribution < -0.4 is 0 Å². The number of aromatic nitrogens is 4. The highest BCUT2D eigenvalue weighted by molar-refractivity contribution is 6.36. The fourth-order valence-corrected chi connectivity index (χ4v) is 4.52. The molecule has 0 saturated carbocycles. The van der Waals surface area contributed by atoms with Crippen LogP contribution in [0, 0.1) is 13.8 Å². The number of pyridine rings is 2. The van der Waals surface area contributed by atoms with Gasteiger partial charge >= 0.3 is 0 Å². The van der Waals surface area contributed by atoms with Gasteiger partial charge in [0.2, 0.25) is 11.8 Å². The van der Waals surface area contributed by atoms with Gasteiger partial charge in [-0.25, -0.2) is 0 Å². The van der Waals surface area contributed by atoms with Crippen molar-refractivity contribution in [1.82, 2.24) is 20.2 Å². The van der Waals surface area contributed by atoms with Gasteiger partial charge in [0.05, 0.1) is 33.9 Å². The summed E-state index contributed by atoms with van der Waals surface area (Å²) >= 11 is 13.3. The van der Waals surface area contributed by atoms with Crippen molar-refractivity contribution in [2.24, 2.45) is 0 Å². The summed E-state index contributed by atoms with van der Waals surface area (Å²) in [7, 11) is 0. The Morgan fingerprint density at radius 2 is 1.10 bits per heavy atom. The Morgan fingerprint density at radius 1 is 0.677 bits per heavy atom. The minimum absolute atomic E-state index is 0.415. The number of hydrogen-bond acceptors (Lipinski definition) is 5. The van der Waals surface area contributed by atoms with Crippen LogP contribution in [0.3, 0.4) is 0 Å². The summed E-state index contributed by atoms with van der Waals surface area (Å²) in [4.78, 5) is 9.32. The third kappa shape index (κ3) is 3.64. The number of aryl methyl sites for hydroxylation is 2. The fourth-order valence-electron chi connectivity index (χ4n) is 3.80. The Bertz CT molecular complexity index is 1340. The lowest BCUT2D eigenvalue weighted by molar-refractivity contribution is 0.465. The van der Waals surface area contributed by atoms with Crippen molar-refractivity contribution >= 4 is 45.0 Å². The molecule has 0 amide bonds. The molecule has 0 aliphatic rings. The van der Waals surface area contributed by atoms with Gasteiger partial charge in [-0.3, -0.25) is 9.97 Å². The molecular weight excluding hydrogens is 431 g/mol. The van der Waals surface area contributed by atoms with E-state index in [-0.39, 0.29) is 0 Å². The van der Waals surface area contributed by atoms with E-state index in [0.29, 0.717) is 34.7 Å². The molecule has 0 aliphatic carbocycles. The van der Waals surface area contributed by atoms with Crippen LogP contribution in [0.2, 0.25) is 10.0 Å². The molecule has 2 aromatic carbocycles. The summed E-state index contributed by atoms with van der Waals surface area (Å²) in [5.74, 6) is 0.971. The molecule has 0 saturated heterocycles. The maximum absolute atomic E-state index is 6.67. The lowest BCUT2D eigenvalue weighted by atomic mass is 10.1. The number of benzene rings is 2. The van der Waals surface area contributed by atoms with Crippen LogP contribution in [-0.2, 0) is 12.8 Å². The van der Waals surface area contributed by atoms with Gasteiger partial charge in [-0.15, -0.1) is 10.2 Å². The Balaban J connectivity index is 1.46. The fraction of sp³-hybridized carbons (Fsp3) is 0.167. The van der Waals surface area contributed by atoms with E-state index in [1.54, 1.807) is 0 Å². The molecule has 154 valence electrons. The second-order valence-corrected chi connectivity index (χ2v) is 8.21. The highest BCUT2D eigenvalue weighted by Crippen LogP contribution is 2.31. The molecule has 0 fully saturated rings. The number of nitrogens with zero attached hydrogens (tertiary/aromatic N) is 4. The van der Waals surface area contributed by atoms with E-state index in [0.717, 1.165) is 44.3 Å². The van der Waals surface area contributed by atoms with Gasteiger partial charge in [-0.2, -0.15) is 0 Å². The smallest absolute Gasteiger partial charge is 0.221 e. The molecule has 3 heterocycles. The van der Waals surface area contributed by atoms with Gasteiger partial charge in [0.1, 0.15) is 0 Å². The Labute approximate surface area is 189 Å². The van der Waals surface area contributed by atoms with Crippen LogP contribution >= 0.6 is 23.2 Å². The molecule has 5 aromatic rings. The SMILES string of the molecule is Cc1nc2ccccc2c(Cl)c1Cc1nnc(Cc2c(C)nc3ccccc3c2Cl)o1. The molecule has 0 spiro atoms. The van der Waals surface area contributed by atoms with Gasteiger partial charge in [0.25, 0.3) is 0 Å². The van der Waals surface area contributed by atoms with Crippen LogP contribution in [0.5, 0.6) is 0 Å². The second kappa shape index (κ2) is 7.91. The molecular formula is C24H18Cl2N4O. The van der Waals surface area contributed by atoms with Gasteiger partial charge < -0.3 is 4.42 Å². The van der Waals surface area contributed by atoms with Crippen molar-refractivity contribution in [1.29, 1.82) is 0 Å². The van der Waals surface area contributed by atoms with E-state index in [4.69, 9.17) is 27.6 Å². The Morgan fingerprint density at radius 3 is 1.55 bits per heavy atom.